The molecule has 0 saturated heterocycles. The Labute approximate surface area is 156 Å². The summed E-state index contributed by atoms with van der Waals surface area (Å²) in [5.74, 6) is 2.72. The van der Waals surface area contributed by atoms with Crippen molar-refractivity contribution >= 4 is 11.6 Å². The predicted molar refractivity (Wildman–Crippen MR) is 96.0 cm³/mol. The van der Waals surface area contributed by atoms with Crippen LogP contribution in [0.3, 0.4) is 0 Å². The Morgan fingerprint density at radius 2 is 2.11 bits per heavy atom. The van der Waals surface area contributed by atoms with Gasteiger partial charge >= 0.3 is 0 Å². The normalized spacial score (nSPS) is 19.7. The van der Waals surface area contributed by atoms with Gasteiger partial charge in [-0.1, -0.05) is 19.9 Å². The van der Waals surface area contributed by atoms with E-state index in [2.05, 4.69) is 29.4 Å². The van der Waals surface area contributed by atoms with Crippen LogP contribution in [0.25, 0.3) is 5.65 Å². The van der Waals surface area contributed by atoms with Gasteiger partial charge in [0.25, 0.3) is 5.91 Å². The average molecular weight is 366 g/mol. The molecule has 0 spiro atoms. The SMILES string of the molecule is CC(C)C[C@H]1c2nc(C3CC3)nn2CCN1C(=O)c1cccc2nnnn12. The van der Waals surface area contributed by atoms with Crippen molar-refractivity contribution in [1.29, 1.82) is 0 Å². The van der Waals surface area contributed by atoms with Crippen LogP contribution < -0.4 is 0 Å². The molecule has 0 unspecified atom stereocenters. The molecular formula is C18H22N8O. The van der Waals surface area contributed by atoms with Crippen molar-refractivity contribution in [3.05, 3.63) is 35.5 Å². The first-order valence-electron chi connectivity index (χ1n) is 9.54. The highest BCUT2D eigenvalue weighted by molar-refractivity contribution is 5.93. The smallest absolute Gasteiger partial charge is 0.273 e. The van der Waals surface area contributed by atoms with Crippen LogP contribution in [0.4, 0.5) is 0 Å². The summed E-state index contributed by atoms with van der Waals surface area (Å²) in [7, 11) is 0. The molecule has 9 heteroatoms. The lowest BCUT2D eigenvalue weighted by atomic mass is 10.00. The predicted octanol–water partition coefficient (Wildman–Crippen LogP) is 1.84. The molecule has 5 rings (SSSR count). The van der Waals surface area contributed by atoms with Crippen molar-refractivity contribution in [3.8, 4) is 0 Å². The molecule has 4 heterocycles. The highest BCUT2D eigenvalue weighted by Gasteiger charge is 2.37. The van der Waals surface area contributed by atoms with Crippen LogP contribution in [0, 0.1) is 5.92 Å². The van der Waals surface area contributed by atoms with Crippen molar-refractivity contribution in [2.45, 2.75) is 51.6 Å². The number of carbonyl (C=O) groups is 1. The Morgan fingerprint density at radius 1 is 1.26 bits per heavy atom. The van der Waals surface area contributed by atoms with Gasteiger partial charge in [0.1, 0.15) is 11.5 Å². The number of hydrogen-bond donors (Lipinski definition) is 0. The molecule has 1 atom stereocenters. The highest BCUT2D eigenvalue weighted by Crippen LogP contribution is 2.40. The first kappa shape index (κ1) is 16.3. The van der Waals surface area contributed by atoms with E-state index >= 15 is 0 Å². The summed E-state index contributed by atoms with van der Waals surface area (Å²) in [5, 5.41) is 16.3. The molecule has 9 nitrogen and oxygen atoms in total. The van der Waals surface area contributed by atoms with Crippen LogP contribution in [0.2, 0.25) is 0 Å². The summed E-state index contributed by atoms with van der Waals surface area (Å²) in [6.45, 7) is 5.61. The van der Waals surface area contributed by atoms with E-state index in [0.717, 1.165) is 18.1 Å². The summed E-state index contributed by atoms with van der Waals surface area (Å²) in [6, 6.07) is 5.29. The second-order valence-electron chi connectivity index (χ2n) is 7.83. The zero-order valence-electron chi connectivity index (χ0n) is 15.5. The van der Waals surface area contributed by atoms with Crippen molar-refractivity contribution in [2.75, 3.05) is 6.54 Å². The van der Waals surface area contributed by atoms with E-state index in [1.807, 2.05) is 15.6 Å². The van der Waals surface area contributed by atoms with Crippen molar-refractivity contribution in [1.82, 2.24) is 39.7 Å². The number of aromatic nitrogens is 7. The maximum Gasteiger partial charge on any atom is 0.273 e. The number of rotatable bonds is 4. The fraction of sp³-hybridized carbons (Fsp3) is 0.556. The second-order valence-corrected chi connectivity index (χ2v) is 7.83. The third-order valence-corrected chi connectivity index (χ3v) is 5.28. The van der Waals surface area contributed by atoms with E-state index in [1.165, 1.54) is 17.4 Å². The molecule has 3 aromatic heterocycles. The number of hydrogen-bond acceptors (Lipinski definition) is 6. The fourth-order valence-corrected chi connectivity index (χ4v) is 3.79. The molecule has 1 saturated carbocycles. The number of fused-ring (bicyclic) bond motifs is 2. The lowest BCUT2D eigenvalue weighted by Crippen LogP contribution is -2.43. The number of nitrogens with zero attached hydrogens (tertiary/aromatic N) is 8. The average Bonchev–Trinajstić information content (AvgIpc) is 3.22. The van der Waals surface area contributed by atoms with E-state index in [0.29, 0.717) is 36.3 Å². The molecule has 1 fully saturated rings. The Bertz CT molecular complexity index is 1000. The topological polar surface area (TPSA) is 94.1 Å². The van der Waals surface area contributed by atoms with E-state index in [9.17, 15) is 4.79 Å². The Hall–Kier alpha value is -2.84. The summed E-state index contributed by atoms with van der Waals surface area (Å²) < 4.78 is 3.51. The molecule has 0 bridgehead atoms. The first-order chi connectivity index (χ1) is 13.1. The van der Waals surface area contributed by atoms with Gasteiger partial charge in [0.05, 0.1) is 12.6 Å². The van der Waals surface area contributed by atoms with Gasteiger partial charge in [0.2, 0.25) is 0 Å². The van der Waals surface area contributed by atoms with E-state index in [1.54, 1.807) is 12.1 Å². The summed E-state index contributed by atoms with van der Waals surface area (Å²) >= 11 is 0. The minimum Gasteiger partial charge on any atom is -0.325 e. The standard InChI is InChI=1S/C18H22N8O/c1-11(2)10-14-17-19-16(12-6-7-12)21-25(17)9-8-24(14)18(27)13-4-3-5-15-20-22-23-26(13)15/h3-5,11-12,14H,6-10H2,1-2H3/t14-/m0/s1. The molecule has 0 radical (unpaired) electrons. The molecule has 140 valence electrons. The largest absolute Gasteiger partial charge is 0.325 e. The van der Waals surface area contributed by atoms with Gasteiger partial charge in [-0.2, -0.15) is 9.61 Å². The molecule has 2 aliphatic rings. The molecule has 1 aliphatic carbocycles. The molecular weight excluding hydrogens is 344 g/mol. The molecule has 0 aromatic carbocycles. The second kappa shape index (κ2) is 6.11. The quantitative estimate of drug-likeness (QED) is 0.699. The summed E-state index contributed by atoms with van der Waals surface area (Å²) in [5.41, 5.74) is 1.04. The van der Waals surface area contributed by atoms with Crippen LogP contribution in [0.15, 0.2) is 18.2 Å². The van der Waals surface area contributed by atoms with Crippen LogP contribution in [0.5, 0.6) is 0 Å². The van der Waals surface area contributed by atoms with E-state index in [-0.39, 0.29) is 11.9 Å². The third kappa shape index (κ3) is 2.77. The van der Waals surface area contributed by atoms with Crippen molar-refractivity contribution in [2.24, 2.45) is 5.92 Å². The van der Waals surface area contributed by atoms with Crippen LogP contribution in [-0.2, 0) is 6.54 Å². The molecule has 1 amide bonds. The van der Waals surface area contributed by atoms with Gasteiger partial charge in [-0.15, -0.1) is 5.10 Å². The monoisotopic (exact) mass is 366 g/mol. The van der Waals surface area contributed by atoms with E-state index < -0.39 is 0 Å². The molecule has 1 aliphatic heterocycles. The van der Waals surface area contributed by atoms with Crippen molar-refractivity contribution < 1.29 is 4.79 Å². The Balaban J connectivity index is 1.53. The van der Waals surface area contributed by atoms with Gasteiger partial charge in [-0.05, 0) is 47.7 Å². The van der Waals surface area contributed by atoms with Crippen LogP contribution in [-0.4, -0.2) is 52.2 Å². The fourth-order valence-electron chi connectivity index (χ4n) is 3.79. The van der Waals surface area contributed by atoms with Gasteiger partial charge in [0.15, 0.2) is 11.5 Å². The number of pyridine rings is 1. The minimum absolute atomic E-state index is 0.0687. The van der Waals surface area contributed by atoms with Gasteiger partial charge < -0.3 is 4.90 Å². The zero-order valence-corrected chi connectivity index (χ0v) is 15.5. The highest BCUT2D eigenvalue weighted by atomic mass is 16.2. The lowest BCUT2D eigenvalue weighted by molar-refractivity contribution is 0.0569. The minimum atomic E-state index is -0.0852. The lowest BCUT2D eigenvalue weighted by Gasteiger charge is -2.36. The summed E-state index contributed by atoms with van der Waals surface area (Å²) in [6.07, 6.45) is 3.19. The number of amides is 1. The van der Waals surface area contributed by atoms with Crippen LogP contribution in [0.1, 0.15) is 67.2 Å². The molecule has 27 heavy (non-hydrogen) atoms. The zero-order chi connectivity index (χ0) is 18.5. The summed E-state index contributed by atoms with van der Waals surface area (Å²) in [4.78, 5) is 20.2. The van der Waals surface area contributed by atoms with E-state index in [4.69, 9.17) is 10.1 Å². The van der Waals surface area contributed by atoms with Gasteiger partial charge in [-0.25, -0.2) is 9.67 Å². The maximum atomic E-state index is 13.4. The van der Waals surface area contributed by atoms with Gasteiger partial charge in [0, 0.05) is 12.5 Å². The van der Waals surface area contributed by atoms with Crippen LogP contribution >= 0.6 is 0 Å². The Kier molecular flexibility index (Phi) is 3.70. The first-order valence-corrected chi connectivity index (χ1v) is 9.54. The third-order valence-electron chi connectivity index (χ3n) is 5.28. The Morgan fingerprint density at radius 3 is 2.89 bits per heavy atom. The molecule has 0 N–H and O–H groups in total. The number of tetrazole rings is 1. The van der Waals surface area contributed by atoms with Crippen molar-refractivity contribution in [3.63, 3.8) is 0 Å². The number of carbonyl (C=O) groups excluding carboxylic acids is 1. The van der Waals surface area contributed by atoms with Gasteiger partial charge in [-0.3, -0.25) is 4.79 Å². The maximum absolute atomic E-state index is 13.4. The molecule has 3 aromatic rings.